The molecule has 0 aliphatic carbocycles. The highest BCUT2D eigenvalue weighted by Gasteiger charge is 2.27. The molecule has 0 saturated heterocycles. The van der Waals surface area contributed by atoms with E-state index in [1.807, 2.05) is 6.07 Å². The fourth-order valence-electron chi connectivity index (χ4n) is 12.7. The van der Waals surface area contributed by atoms with Crippen LogP contribution in [0.5, 0.6) is 0 Å². The Kier molecular flexibility index (Phi) is 9.45. The Labute approximate surface area is 443 Å². The molecule has 11 aromatic carbocycles. The largest absolute Gasteiger partial charge is 0.309 e. The number of fused-ring (bicyclic) bond motifs is 14. The third-order valence-electron chi connectivity index (χ3n) is 15.8. The zero-order chi connectivity index (χ0) is 50.7. The standard InChI is InChI=1S/C71H46N6/c1-45-41-63-67(53-34-18-20-36-59(53)74(63)48-27-11-4-12-28-48)69-65(45)56-42-51(39-40-62(56)77(69)50-31-15-6-16-32-50)75-60-37-21-19-35-54(60)68-64(75)43-55(66-52-33-17-22-38-61(52)76(70(66)68)49-29-13-5-14-30-49)58-44-57(46-23-7-2-8-24-46)72-71(73-58)47-25-9-3-10-26-47/h2-44H,1H3. The molecule has 0 spiro atoms. The molecule has 0 radical (unpaired) electrons. The second kappa shape index (κ2) is 16.9. The van der Waals surface area contributed by atoms with E-state index in [2.05, 4.69) is 280 Å². The number of aromatic nitrogens is 6. The van der Waals surface area contributed by atoms with Crippen LogP contribution >= 0.6 is 0 Å². The van der Waals surface area contributed by atoms with Gasteiger partial charge in [-0.2, -0.15) is 0 Å². The molecule has 5 heterocycles. The minimum absolute atomic E-state index is 0.680. The van der Waals surface area contributed by atoms with Crippen LogP contribution < -0.4 is 0 Å². The Morgan fingerprint density at radius 3 is 1.26 bits per heavy atom. The lowest BCUT2D eigenvalue weighted by Gasteiger charge is -2.14. The molecule has 5 aromatic heterocycles. The molecule has 6 heteroatoms. The molecule has 0 N–H and O–H groups in total. The summed E-state index contributed by atoms with van der Waals surface area (Å²) < 4.78 is 9.91. The monoisotopic (exact) mass is 982 g/mol. The summed E-state index contributed by atoms with van der Waals surface area (Å²) >= 11 is 0. The van der Waals surface area contributed by atoms with Gasteiger partial charge >= 0.3 is 0 Å². The molecule has 0 saturated carbocycles. The lowest BCUT2D eigenvalue weighted by molar-refractivity contribution is 1.16. The highest BCUT2D eigenvalue weighted by molar-refractivity contribution is 6.31. The topological polar surface area (TPSA) is 45.5 Å². The van der Waals surface area contributed by atoms with Crippen molar-refractivity contribution in [2.45, 2.75) is 6.92 Å². The highest BCUT2D eigenvalue weighted by atomic mass is 15.0. The molecule has 0 aliphatic rings. The molecular weight excluding hydrogens is 937 g/mol. The van der Waals surface area contributed by atoms with Gasteiger partial charge in [0.2, 0.25) is 0 Å². The molecule has 77 heavy (non-hydrogen) atoms. The van der Waals surface area contributed by atoms with Crippen molar-refractivity contribution in [1.29, 1.82) is 0 Å². The van der Waals surface area contributed by atoms with Crippen LogP contribution in [0.1, 0.15) is 5.56 Å². The second-order valence-electron chi connectivity index (χ2n) is 20.1. The number of benzene rings is 11. The summed E-state index contributed by atoms with van der Waals surface area (Å²) in [5, 5.41) is 9.55. The quantitative estimate of drug-likeness (QED) is 0.160. The molecule has 0 amide bonds. The van der Waals surface area contributed by atoms with E-state index in [4.69, 9.17) is 9.97 Å². The number of hydrogen-bond donors (Lipinski definition) is 0. The first kappa shape index (κ1) is 43.1. The van der Waals surface area contributed by atoms with Gasteiger partial charge in [-0.15, -0.1) is 0 Å². The van der Waals surface area contributed by atoms with Gasteiger partial charge in [0.05, 0.1) is 55.5 Å². The maximum absolute atomic E-state index is 5.55. The van der Waals surface area contributed by atoms with E-state index >= 15 is 0 Å². The molecule has 6 nitrogen and oxygen atoms in total. The van der Waals surface area contributed by atoms with Crippen LogP contribution in [-0.4, -0.2) is 28.2 Å². The summed E-state index contributed by atoms with van der Waals surface area (Å²) in [7, 11) is 0. The van der Waals surface area contributed by atoms with Crippen molar-refractivity contribution >= 4 is 87.2 Å². The predicted molar refractivity (Wildman–Crippen MR) is 320 cm³/mol. The minimum Gasteiger partial charge on any atom is -0.309 e. The van der Waals surface area contributed by atoms with Crippen LogP contribution in [0.25, 0.3) is 144 Å². The summed E-state index contributed by atoms with van der Waals surface area (Å²) in [5.74, 6) is 0.680. The van der Waals surface area contributed by atoms with E-state index in [1.54, 1.807) is 0 Å². The van der Waals surface area contributed by atoms with Crippen LogP contribution in [0.3, 0.4) is 0 Å². The van der Waals surface area contributed by atoms with Crippen LogP contribution in [0.15, 0.2) is 261 Å². The molecule has 16 rings (SSSR count). The first-order chi connectivity index (χ1) is 38.2. The molecule has 0 fully saturated rings. The van der Waals surface area contributed by atoms with Crippen LogP contribution in [0, 0.1) is 6.92 Å². The Balaban J connectivity index is 1.06. The highest BCUT2D eigenvalue weighted by Crippen LogP contribution is 2.49. The van der Waals surface area contributed by atoms with Crippen molar-refractivity contribution in [2.75, 3.05) is 0 Å². The third-order valence-corrected chi connectivity index (χ3v) is 15.8. The average molecular weight is 983 g/mol. The van der Waals surface area contributed by atoms with Crippen LogP contribution in [0.4, 0.5) is 0 Å². The molecule has 360 valence electrons. The summed E-state index contributed by atoms with van der Waals surface area (Å²) in [6.07, 6.45) is 0. The van der Waals surface area contributed by atoms with Gasteiger partial charge in [-0.25, -0.2) is 9.97 Å². The maximum Gasteiger partial charge on any atom is 0.160 e. The van der Waals surface area contributed by atoms with Gasteiger partial charge in [0.25, 0.3) is 0 Å². The normalized spacial score (nSPS) is 12.0. The molecule has 16 aromatic rings. The average Bonchev–Trinajstić information content (AvgIpc) is 4.35. The van der Waals surface area contributed by atoms with E-state index < -0.39 is 0 Å². The lowest BCUT2D eigenvalue weighted by Crippen LogP contribution is -1.99. The zero-order valence-corrected chi connectivity index (χ0v) is 42.0. The Bertz CT molecular complexity index is 4950. The molecule has 0 aliphatic heterocycles. The van der Waals surface area contributed by atoms with E-state index in [0.29, 0.717) is 5.82 Å². The van der Waals surface area contributed by atoms with Gasteiger partial charge in [0.15, 0.2) is 5.82 Å². The number of nitrogens with zero attached hydrogens (tertiary/aromatic N) is 6. The molecule has 0 atom stereocenters. The zero-order valence-electron chi connectivity index (χ0n) is 42.0. The molecule has 0 bridgehead atoms. The minimum atomic E-state index is 0.680. The number of hydrogen-bond acceptors (Lipinski definition) is 2. The fraction of sp³-hybridized carbons (Fsp3) is 0.0141. The van der Waals surface area contributed by atoms with Crippen molar-refractivity contribution in [3.63, 3.8) is 0 Å². The maximum atomic E-state index is 5.55. The van der Waals surface area contributed by atoms with Crippen molar-refractivity contribution in [2.24, 2.45) is 0 Å². The van der Waals surface area contributed by atoms with E-state index in [-0.39, 0.29) is 0 Å². The smallest absolute Gasteiger partial charge is 0.160 e. The number of aryl methyl sites for hydroxylation is 1. The fourth-order valence-corrected chi connectivity index (χ4v) is 12.7. The SMILES string of the molecule is Cc1cc2c(c3ccccc3n2-c2ccccc2)c2c1c1cc(-n3c4ccccc4c4c3cc(-c3cc(-c5ccccc5)nc(-c5ccccc5)n3)c3c5ccccc5n(-c5ccccc5)c34)ccc1n2-c1ccccc1. The van der Waals surface area contributed by atoms with Gasteiger partial charge in [-0.3, -0.25) is 0 Å². The second-order valence-corrected chi connectivity index (χ2v) is 20.1. The summed E-state index contributed by atoms with van der Waals surface area (Å²) in [4.78, 5) is 10.8. The van der Waals surface area contributed by atoms with Gasteiger partial charge in [0, 0.05) is 82.5 Å². The van der Waals surface area contributed by atoms with Gasteiger partial charge in [-0.05, 0) is 103 Å². The Morgan fingerprint density at radius 2 is 0.688 bits per heavy atom. The first-order valence-electron chi connectivity index (χ1n) is 26.3. The van der Waals surface area contributed by atoms with Crippen LogP contribution in [0.2, 0.25) is 0 Å². The van der Waals surface area contributed by atoms with Crippen molar-refractivity contribution in [3.8, 4) is 56.7 Å². The van der Waals surface area contributed by atoms with E-state index in [1.165, 1.54) is 54.4 Å². The van der Waals surface area contributed by atoms with Crippen LogP contribution in [-0.2, 0) is 0 Å². The van der Waals surface area contributed by atoms with Crippen molar-refractivity contribution in [1.82, 2.24) is 28.2 Å². The first-order valence-corrected chi connectivity index (χ1v) is 26.3. The molecule has 0 unspecified atom stereocenters. The summed E-state index contributed by atoms with van der Waals surface area (Å²) in [5.41, 5.74) is 19.6. The summed E-state index contributed by atoms with van der Waals surface area (Å²) in [6, 6.07) is 94.1. The van der Waals surface area contributed by atoms with Gasteiger partial charge in [-0.1, -0.05) is 170 Å². The Morgan fingerprint density at radius 1 is 0.273 bits per heavy atom. The predicted octanol–water partition coefficient (Wildman–Crippen LogP) is 18.2. The lowest BCUT2D eigenvalue weighted by atomic mass is 9.98. The van der Waals surface area contributed by atoms with Gasteiger partial charge < -0.3 is 18.3 Å². The number of rotatable bonds is 7. The Hall–Kier alpha value is -10.3. The molecular formula is C71H46N6. The van der Waals surface area contributed by atoms with E-state index in [9.17, 15) is 0 Å². The van der Waals surface area contributed by atoms with Gasteiger partial charge in [0.1, 0.15) is 0 Å². The summed E-state index contributed by atoms with van der Waals surface area (Å²) in [6.45, 7) is 2.29. The number of para-hydroxylation sites is 6. The third kappa shape index (κ3) is 6.42. The van der Waals surface area contributed by atoms with Crippen molar-refractivity contribution in [3.05, 3.63) is 266 Å². The van der Waals surface area contributed by atoms with E-state index in [0.717, 1.165) is 89.2 Å². The van der Waals surface area contributed by atoms with Crippen molar-refractivity contribution < 1.29 is 0 Å².